The molecule has 3 rings (SSSR count). The zero-order valence-electron chi connectivity index (χ0n) is 13.7. The lowest BCUT2D eigenvalue weighted by molar-refractivity contribution is -0.122. The molecule has 1 saturated heterocycles. The summed E-state index contributed by atoms with van der Waals surface area (Å²) in [5, 5.41) is 19.4. The van der Waals surface area contributed by atoms with Gasteiger partial charge < -0.3 is 10.4 Å². The summed E-state index contributed by atoms with van der Waals surface area (Å²) in [6.45, 7) is 2.67. The number of nitrogens with zero attached hydrogens (tertiary/aromatic N) is 2. The summed E-state index contributed by atoms with van der Waals surface area (Å²) >= 11 is 0. The Bertz CT molecular complexity index is 630. The molecule has 0 spiro atoms. The molecule has 2 atom stereocenters. The third-order valence-corrected chi connectivity index (χ3v) is 4.58. The van der Waals surface area contributed by atoms with Gasteiger partial charge in [0, 0.05) is 43.5 Å². The van der Waals surface area contributed by atoms with Gasteiger partial charge in [0.2, 0.25) is 5.91 Å². The van der Waals surface area contributed by atoms with Crippen molar-refractivity contribution in [1.29, 1.82) is 0 Å². The Balaban J connectivity index is 1.57. The fourth-order valence-electron chi connectivity index (χ4n) is 3.25. The Morgan fingerprint density at radius 2 is 2.17 bits per heavy atom. The Morgan fingerprint density at radius 1 is 1.33 bits per heavy atom. The first-order chi connectivity index (χ1) is 11.7. The fourth-order valence-corrected chi connectivity index (χ4v) is 3.25. The second kappa shape index (κ2) is 8.08. The first kappa shape index (κ1) is 16.7. The van der Waals surface area contributed by atoms with Crippen LogP contribution in [0.15, 0.2) is 42.6 Å². The lowest BCUT2D eigenvalue weighted by atomic mass is 9.91. The molecule has 1 fully saturated rings. The van der Waals surface area contributed by atoms with Gasteiger partial charge in [-0.05, 0) is 24.6 Å². The van der Waals surface area contributed by atoms with Crippen molar-refractivity contribution in [3.63, 3.8) is 0 Å². The normalized spacial score (nSPS) is 21.5. The third-order valence-electron chi connectivity index (χ3n) is 4.58. The van der Waals surface area contributed by atoms with E-state index in [1.807, 2.05) is 18.2 Å². The van der Waals surface area contributed by atoms with Crippen LogP contribution in [0, 0.1) is 5.92 Å². The number of amides is 1. The summed E-state index contributed by atoms with van der Waals surface area (Å²) in [4.78, 5) is 14.6. The van der Waals surface area contributed by atoms with Gasteiger partial charge in [-0.2, -0.15) is 5.10 Å². The first-order valence-electron chi connectivity index (χ1n) is 8.39. The Hall–Kier alpha value is -2.18. The molecule has 0 saturated carbocycles. The van der Waals surface area contributed by atoms with E-state index in [0.29, 0.717) is 0 Å². The Morgan fingerprint density at radius 3 is 2.88 bits per heavy atom. The second-order valence-electron chi connectivity index (χ2n) is 6.38. The Kier molecular flexibility index (Phi) is 5.61. The van der Waals surface area contributed by atoms with E-state index >= 15 is 0 Å². The number of H-pyrrole nitrogens is 1. The number of hydrogen-bond donors (Lipinski definition) is 3. The van der Waals surface area contributed by atoms with Crippen molar-refractivity contribution in [3.05, 3.63) is 53.9 Å². The number of aromatic amines is 1. The molecule has 2 aromatic rings. The van der Waals surface area contributed by atoms with Crippen LogP contribution in [0.1, 0.15) is 17.7 Å². The number of nitrogens with one attached hydrogen (secondary N) is 2. The number of carbonyl (C=O) groups excluding carboxylic acids is 1. The first-order valence-corrected chi connectivity index (χ1v) is 8.39. The van der Waals surface area contributed by atoms with Crippen LogP contribution in [-0.4, -0.2) is 51.8 Å². The highest BCUT2D eigenvalue weighted by molar-refractivity contribution is 5.78. The van der Waals surface area contributed by atoms with E-state index in [4.69, 9.17) is 0 Å². The van der Waals surface area contributed by atoms with E-state index in [1.165, 1.54) is 5.56 Å². The molecule has 0 radical (unpaired) electrons. The monoisotopic (exact) mass is 328 g/mol. The highest BCUT2D eigenvalue weighted by Crippen LogP contribution is 2.19. The predicted octanol–water partition coefficient (Wildman–Crippen LogP) is 0.951. The Labute approximate surface area is 141 Å². The van der Waals surface area contributed by atoms with E-state index in [2.05, 4.69) is 32.5 Å². The van der Waals surface area contributed by atoms with Gasteiger partial charge in [-0.15, -0.1) is 0 Å². The van der Waals surface area contributed by atoms with Crippen molar-refractivity contribution >= 4 is 5.91 Å². The molecule has 1 aromatic carbocycles. The van der Waals surface area contributed by atoms with Gasteiger partial charge >= 0.3 is 0 Å². The molecule has 128 valence electrons. The zero-order chi connectivity index (χ0) is 16.8. The minimum Gasteiger partial charge on any atom is -0.396 e. The molecule has 0 unspecified atom stereocenters. The molecule has 0 aliphatic carbocycles. The topological polar surface area (TPSA) is 81.2 Å². The summed E-state index contributed by atoms with van der Waals surface area (Å²) in [6.07, 6.45) is 2.81. The molecule has 24 heavy (non-hydrogen) atoms. The molecule has 6 nitrogen and oxygen atoms in total. The van der Waals surface area contributed by atoms with Gasteiger partial charge in [0.25, 0.3) is 0 Å². The highest BCUT2D eigenvalue weighted by atomic mass is 16.3. The minimum absolute atomic E-state index is 0.0251. The molecule has 1 aliphatic rings. The summed E-state index contributed by atoms with van der Waals surface area (Å²) in [6, 6.07) is 12.1. The molecule has 1 amide bonds. The van der Waals surface area contributed by atoms with Gasteiger partial charge in [0.05, 0.1) is 6.42 Å². The molecular formula is C18H24N4O2. The summed E-state index contributed by atoms with van der Waals surface area (Å²) < 4.78 is 0. The lowest BCUT2D eigenvalue weighted by Crippen LogP contribution is -2.53. The summed E-state index contributed by atoms with van der Waals surface area (Å²) in [5.74, 6) is 0.0759. The number of hydrogen-bond acceptors (Lipinski definition) is 4. The van der Waals surface area contributed by atoms with E-state index in [1.54, 1.807) is 12.3 Å². The van der Waals surface area contributed by atoms with E-state index in [-0.39, 0.29) is 30.9 Å². The zero-order valence-corrected chi connectivity index (χ0v) is 13.7. The summed E-state index contributed by atoms with van der Waals surface area (Å²) in [5.41, 5.74) is 2.06. The predicted molar refractivity (Wildman–Crippen MR) is 91.1 cm³/mol. The molecule has 3 N–H and O–H groups in total. The number of piperidine rings is 1. The maximum atomic E-state index is 12.2. The molecule has 6 heteroatoms. The van der Waals surface area contributed by atoms with Crippen LogP contribution in [0.4, 0.5) is 0 Å². The van der Waals surface area contributed by atoms with Crippen LogP contribution >= 0.6 is 0 Å². The molecular weight excluding hydrogens is 304 g/mol. The number of carbonyl (C=O) groups is 1. The second-order valence-corrected chi connectivity index (χ2v) is 6.38. The van der Waals surface area contributed by atoms with Gasteiger partial charge in [-0.25, -0.2) is 0 Å². The molecule has 1 aliphatic heterocycles. The quantitative estimate of drug-likeness (QED) is 0.737. The molecule has 2 heterocycles. The van der Waals surface area contributed by atoms with Crippen LogP contribution < -0.4 is 5.32 Å². The van der Waals surface area contributed by atoms with Crippen molar-refractivity contribution < 1.29 is 9.90 Å². The number of aliphatic hydroxyl groups is 1. The SMILES string of the molecule is O=C(Cc1ccn[nH]1)N[C@@H]1CN(Cc2ccccc2)CC[C@@H]1CO. The summed E-state index contributed by atoms with van der Waals surface area (Å²) in [7, 11) is 0. The number of likely N-dealkylation sites (tertiary alicyclic amines) is 1. The molecule has 0 bridgehead atoms. The number of aliphatic hydroxyl groups excluding tert-OH is 1. The molecule has 1 aromatic heterocycles. The third kappa shape index (κ3) is 4.43. The maximum Gasteiger partial charge on any atom is 0.226 e. The smallest absolute Gasteiger partial charge is 0.226 e. The number of aromatic nitrogens is 2. The van der Waals surface area contributed by atoms with Crippen LogP contribution in [-0.2, 0) is 17.8 Å². The van der Waals surface area contributed by atoms with Crippen LogP contribution in [0.25, 0.3) is 0 Å². The van der Waals surface area contributed by atoms with Crippen molar-refractivity contribution in [2.24, 2.45) is 5.92 Å². The lowest BCUT2D eigenvalue weighted by Gasteiger charge is -2.38. The van der Waals surface area contributed by atoms with Crippen molar-refractivity contribution in [1.82, 2.24) is 20.4 Å². The maximum absolute atomic E-state index is 12.2. The average Bonchev–Trinajstić information content (AvgIpc) is 3.09. The number of benzene rings is 1. The van der Waals surface area contributed by atoms with Gasteiger partial charge in [-0.3, -0.25) is 14.8 Å². The van der Waals surface area contributed by atoms with E-state index < -0.39 is 0 Å². The standard InChI is InChI=1S/C18H24N4O2/c23-13-15-7-9-22(11-14-4-2-1-3-5-14)12-17(15)20-18(24)10-16-6-8-19-21-16/h1-6,8,15,17,23H,7,9-13H2,(H,19,21)(H,20,24)/t15-,17-/m1/s1. The van der Waals surface area contributed by atoms with Crippen LogP contribution in [0.3, 0.4) is 0 Å². The van der Waals surface area contributed by atoms with Gasteiger partial charge in [0.1, 0.15) is 0 Å². The van der Waals surface area contributed by atoms with Crippen molar-refractivity contribution in [2.75, 3.05) is 19.7 Å². The highest BCUT2D eigenvalue weighted by Gasteiger charge is 2.29. The van der Waals surface area contributed by atoms with E-state index in [9.17, 15) is 9.90 Å². The van der Waals surface area contributed by atoms with Gasteiger partial charge in [0.15, 0.2) is 0 Å². The minimum atomic E-state index is -0.0377. The fraction of sp³-hybridized carbons (Fsp3) is 0.444. The van der Waals surface area contributed by atoms with Crippen LogP contribution in [0.5, 0.6) is 0 Å². The van der Waals surface area contributed by atoms with Gasteiger partial charge in [-0.1, -0.05) is 30.3 Å². The van der Waals surface area contributed by atoms with E-state index in [0.717, 1.165) is 31.7 Å². The van der Waals surface area contributed by atoms with Crippen LogP contribution in [0.2, 0.25) is 0 Å². The number of rotatable bonds is 6. The van der Waals surface area contributed by atoms with Crippen molar-refractivity contribution in [2.45, 2.75) is 25.4 Å². The van der Waals surface area contributed by atoms with Crippen molar-refractivity contribution in [3.8, 4) is 0 Å². The largest absolute Gasteiger partial charge is 0.396 e. The average molecular weight is 328 g/mol.